The molecule has 2 aromatic heterocycles. The Morgan fingerprint density at radius 3 is 2.84 bits per heavy atom. The summed E-state index contributed by atoms with van der Waals surface area (Å²) in [6, 6.07) is 4.39. The second-order valence-corrected chi connectivity index (χ2v) is 6.61. The third-order valence-electron chi connectivity index (χ3n) is 5.33. The molecule has 3 aliphatic rings. The molecule has 0 aliphatic heterocycles. The summed E-state index contributed by atoms with van der Waals surface area (Å²) < 4.78 is 2.03. The van der Waals surface area contributed by atoms with E-state index in [1.54, 1.807) is 0 Å². The molecule has 0 amide bonds. The monoisotopic (exact) mass is 253 g/mol. The van der Waals surface area contributed by atoms with E-state index < -0.39 is 0 Å². The Kier molecular flexibility index (Phi) is 2.05. The second-order valence-electron chi connectivity index (χ2n) is 6.61. The highest BCUT2D eigenvalue weighted by Gasteiger charge is 2.53. The van der Waals surface area contributed by atoms with Crippen LogP contribution >= 0.6 is 0 Å². The van der Waals surface area contributed by atoms with Crippen molar-refractivity contribution in [3.63, 3.8) is 0 Å². The van der Waals surface area contributed by atoms with Gasteiger partial charge in [-0.3, -0.25) is 0 Å². The van der Waals surface area contributed by atoms with Gasteiger partial charge in [-0.15, -0.1) is 0 Å². The van der Waals surface area contributed by atoms with Crippen molar-refractivity contribution in [2.45, 2.75) is 32.6 Å². The van der Waals surface area contributed by atoms with Gasteiger partial charge in [0, 0.05) is 31.1 Å². The van der Waals surface area contributed by atoms with Crippen molar-refractivity contribution in [1.82, 2.24) is 14.5 Å². The van der Waals surface area contributed by atoms with Crippen molar-refractivity contribution < 1.29 is 0 Å². The van der Waals surface area contributed by atoms with Crippen LogP contribution in [-0.2, 0) is 13.5 Å². The van der Waals surface area contributed by atoms with Gasteiger partial charge < -0.3 is 4.57 Å². The summed E-state index contributed by atoms with van der Waals surface area (Å²) in [5.74, 6) is 2.45. The SMILES string of the molecule is Cn1ccnc1-c1ccc2c(n1)[C@@H]1C[C@H](C2)C1(C)C. The lowest BCUT2D eigenvalue weighted by molar-refractivity contribution is 0.0156. The van der Waals surface area contributed by atoms with Crippen LogP contribution in [0.3, 0.4) is 0 Å². The molecule has 98 valence electrons. The molecular weight excluding hydrogens is 234 g/mol. The van der Waals surface area contributed by atoms with Crippen molar-refractivity contribution in [3.05, 3.63) is 35.8 Å². The van der Waals surface area contributed by atoms with E-state index in [9.17, 15) is 0 Å². The number of aromatic nitrogens is 3. The number of rotatable bonds is 1. The van der Waals surface area contributed by atoms with E-state index in [0.29, 0.717) is 11.3 Å². The summed E-state index contributed by atoms with van der Waals surface area (Å²) in [6.45, 7) is 4.79. The first-order valence-corrected chi connectivity index (χ1v) is 7.05. The molecule has 1 saturated carbocycles. The molecule has 19 heavy (non-hydrogen) atoms. The smallest absolute Gasteiger partial charge is 0.158 e. The Bertz CT molecular complexity index is 654. The maximum atomic E-state index is 4.95. The third-order valence-corrected chi connectivity index (χ3v) is 5.33. The van der Waals surface area contributed by atoms with Crippen molar-refractivity contribution in [2.75, 3.05) is 0 Å². The molecule has 3 heteroatoms. The topological polar surface area (TPSA) is 30.7 Å². The van der Waals surface area contributed by atoms with Crippen LogP contribution in [0.15, 0.2) is 24.5 Å². The maximum Gasteiger partial charge on any atom is 0.158 e. The van der Waals surface area contributed by atoms with Crippen LogP contribution in [0.5, 0.6) is 0 Å². The number of imidazole rings is 1. The number of pyridine rings is 1. The lowest BCUT2D eigenvalue weighted by Gasteiger charge is -2.56. The molecule has 3 aliphatic carbocycles. The molecule has 2 bridgehead atoms. The Morgan fingerprint density at radius 1 is 1.32 bits per heavy atom. The van der Waals surface area contributed by atoms with Gasteiger partial charge in [0.1, 0.15) is 5.69 Å². The van der Waals surface area contributed by atoms with E-state index in [0.717, 1.165) is 17.4 Å². The largest absolute Gasteiger partial charge is 0.333 e. The average Bonchev–Trinajstić information content (AvgIpc) is 2.83. The number of aryl methyl sites for hydroxylation is 1. The third kappa shape index (κ3) is 1.38. The minimum absolute atomic E-state index is 0.431. The summed E-state index contributed by atoms with van der Waals surface area (Å²) in [4.78, 5) is 9.36. The highest BCUT2D eigenvalue weighted by molar-refractivity contribution is 5.52. The Morgan fingerprint density at radius 2 is 2.16 bits per heavy atom. The number of hydrogen-bond acceptors (Lipinski definition) is 2. The minimum atomic E-state index is 0.431. The van der Waals surface area contributed by atoms with Crippen LogP contribution < -0.4 is 0 Å². The normalized spacial score (nSPS) is 26.7. The van der Waals surface area contributed by atoms with Gasteiger partial charge in [0.2, 0.25) is 0 Å². The molecule has 0 unspecified atom stereocenters. The van der Waals surface area contributed by atoms with Crippen molar-refractivity contribution in [3.8, 4) is 11.5 Å². The second kappa shape index (κ2) is 3.47. The summed E-state index contributed by atoms with van der Waals surface area (Å²) >= 11 is 0. The first-order valence-electron chi connectivity index (χ1n) is 7.05. The van der Waals surface area contributed by atoms with Gasteiger partial charge >= 0.3 is 0 Å². The Labute approximate surface area is 113 Å². The summed E-state index contributed by atoms with van der Waals surface area (Å²) in [5, 5.41) is 0. The molecule has 2 atom stereocenters. The Balaban J connectivity index is 1.83. The zero-order valence-electron chi connectivity index (χ0n) is 11.7. The quantitative estimate of drug-likeness (QED) is 0.781. The van der Waals surface area contributed by atoms with Gasteiger partial charge in [0.25, 0.3) is 0 Å². The molecule has 0 aromatic carbocycles. The Hall–Kier alpha value is -1.64. The molecule has 0 spiro atoms. The average molecular weight is 253 g/mol. The molecule has 0 N–H and O–H groups in total. The van der Waals surface area contributed by atoms with Crippen LogP contribution in [0.2, 0.25) is 0 Å². The lowest BCUT2D eigenvalue weighted by atomic mass is 9.48. The van der Waals surface area contributed by atoms with E-state index in [1.807, 2.05) is 24.0 Å². The van der Waals surface area contributed by atoms with Crippen LogP contribution in [-0.4, -0.2) is 14.5 Å². The van der Waals surface area contributed by atoms with Crippen molar-refractivity contribution in [1.29, 1.82) is 0 Å². The van der Waals surface area contributed by atoms with Gasteiger partial charge in [0.05, 0.1) is 0 Å². The molecule has 2 heterocycles. The van der Waals surface area contributed by atoms with Gasteiger partial charge in [-0.25, -0.2) is 9.97 Å². The minimum Gasteiger partial charge on any atom is -0.333 e. The van der Waals surface area contributed by atoms with Crippen molar-refractivity contribution in [2.24, 2.45) is 18.4 Å². The molecule has 1 fully saturated rings. The van der Waals surface area contributed by atoms with Gasteiger partial charge in [-0.1, -0.05) is 19.9 Å². The highest BCUT2D eigenvalue weighted by atomic mass is 15.1. The predicted molar refractivity (Wildman–Crippen MR) is 74.8 cm³/mol. The van der Waals surface area contributed by atoms with Gasteiger partial charge in [0.15, 0.2) is 5.82 Å². The van der Waals surface area contributed by atoms with E-state index in [1.165, 1.54) is 24.1 Å². The van der Waals surface area contributed by atoms with Crippen LogP contribution in [0.4, 0.5) is 0 Å². The molecule has 3 nitrogen and oxygen atoms in total. The zero-order chi connectivity index (χ0) is 13.2. The van der Waals surface area contributed by atoms with Crippen molar-refractivity contribution >= 4 is 0 Å². The summed E-state index contributed by atoms with van der Waals surface area (Å²) in [6.07, 6.45) is 6.32. The van der Waals surface area contributed by atoms with Crippen LogP contribution in [0, 0.1) is 11.3 Å². The number of hydrogen-bond donors (Lipinski definition) is 0. The molecular formula is C16H19N3. The van der Waals surface area contributed by atoms with E-state index in [-0.39, 0.29) is 0 Å². The fourth-order valence-electron chi connectivity index (χ4n) is 3.81. The fraction of sp³-hybridized carbons (Fsp3) is 0.500. The molecule has 0 radical (unpaired) electrons. The van der Waals surface area contributed by atoms with Gasteiger partial charge in [-0.2, -0.15) is 0 Å². The highest BCUT2D eigenvalue weighted by Crippen LogP contribution is 2.61. The first-order chi connectivity index (χ1) is 9.07. The zero-order valence-corrected chi connectivity index (χ0v) is 11.7. The van der Waals surface area contributed by atoms with E-state index in [4.69, 9.17) is 4.98 Å². The lowest BCUT2D eigenvalue weighted by Crippen LogP contribution is -2.48. The standard InChI is InChI=1S/C16H19N3/c1-16(2)11-8-10-4-5-13(15-17-6-7-19(15)3)18-14(10)12(16)9-11/h4-7,11-12H,8-9H2,1-3H3/t11-,12-/m0/s1. The summed E-state index contributed by atoms with van der Waals surface area (Å²) in [5.41, 5.74) is 4.22. The van der Waals surface area contributed by atoms with E-state index in [2.05, 4.69) is 31.0 Å². The molecule has 5 rings (SSSR count). The first kappa shape index (κ1) is 11.2. The van der Waals surface area contributed by atoms with E-state index >= 15 is 0 Å². The summed E-state index contributed by atoms with van der Waals surface area (Å²) in [7, 11) is 2.02. The molecule has 0 saturated heterocycles. The number of nitrogens with zero attached hydrogens (tertiary/aromatic N) is 3. The van der Waals surface area contributed by atoms with Gasteiger partial charge in [-0.05, 0) is 35.8 Å². The molecule has 2 aromatic rings. The fourth-order valence-corrected chi connectivity index (χ4v) is 3.81. The maximum absolute atomic E-state index is 4.95. The van der Waals surface area contributed by atoms with Crippen LogP contribution in [0.25, 0.3) is 11.5 Å². The van der Waals surface area contributed by atoms with Crippen LogP contribution in [0.1, 0.15) is 37.4 Å². The predicted octanol–water partition coefficient (Wildman–Crippen LogP) is 3.17.